The molecule has 32 heavy (non-hydrogen) atoms. The van der Waals surface area contributed by atoms with E-state index in [4.69, 9.17) is 16.3 Å². The molecule has 3 aromatic rings. The number of pyridine rings is 1. The lowest BCUT2D eigenvalue weighted by molar-refractivity contribution is 0.0695. The van der Waals surface area contributed by atoms with Crippen LogP contribution < -0.4 is 4.74 Å². The van der Waals surface area contributed by atoms with Crippen molar-refractivity contribution >= 4 is 28.7 Å². The third kappa shape index (κ3) is 4.50. The molecule has 164 valence electrons. The number of hydrogen-bond acceptors (Lipinski definition) is 3. The molecule has 0 aliphatic heterocycles. The van der Waals surface area contributed by atoms with Crippen molar-refractivity contribution in [3.05, 3.63) is 93.3 Å². The molecular weight excluding hydrogens is 436 g/mol. The highest BCUT2D eigenvalue weighted by Gasteiger charge is 2.22. The maximum atomic E-state index is 13.9. The molecule has 1 aromatic heterocycles. The van der Waals surface area contributed by atoms with Crippen LogP contribution in [0.1, 0.15) is 52.0 Å². The van der Waals surface area contributed by atoms with Crippen molar-refractivity contribution in [1.29, 1.82) is 0 Å². The molecule has 0 fully saturated rings. The number of carboxylic acids is 1. The number of carboxylic acid groups (broad SMARTS) is 1. The van der Waals surface area contributed by atoms with E-state index in [0.29, 0.717) is 16.5 Å². The zero-order valence-corrected chi connectivity index (χ0v) is 18.0. The van der Waals surface area contributed by atoms with Gasteiger partial charge in [-0.1, -0.05) is 11.6 Å². The second-order valence-corrected chi connectivity index (χ2v) is 8.05. The maximum absolute atomic E-state index is 13.9. The Morgan fingerprint density at radius 3 is 2.66 bits per heavy atom. The highest BCUT2D eigenvalue weighted by molar-refractivity contribution is 6.32. The number of aromatic carboxylic acids is 1. The van der Waals surface area contributed by atoms with E-state index in [9.17, 15) is 18.7 Å². The van der Waals surface area contributed by atoms with Crippen LogP contribution in [-0.4, -0.2) is 16.1 Å². The van der Waals surface area contributed by atoms with Gasteiger partial charge in [0.2, 0.25) is 0 Å². The van der Waals surface area contributed by atoms with Gasteiger partial charge in [0.15, 0.2) is 0 Å². The van der Waals surface area contributed by atoms with E-state index < -0.39 is 17.6 Å². The molecule has 0 unspecified atom stereocenters. The van der Waals surface area contributed by atoms with Gasteiger partial charge in [0.1, 0.15) is 24.0 Å². The van der Waals surface area contributed by atoms with Crippen LogP contribution in [0.3, 0.4) is 0 Å². The molecule has 1 aliphatic carbocycles. The number of aryl methyl sites for hydroxylation is 1. The third-order valence-corrected chi connectivity index (χ3v) is 5.89. The molecule has 4 rings (SSSR count). The van der Waals surface area contributed by atoms with Crippen LogP contribution in [0.2, 0.25) is 5.02 Å². The fourth-order valence-corrected chi connectivity index (χ4v) is 4.13. The van der Waals surface area contributed by atoms with E-state index in [1.807, 2.05) is 0 Å². The summed E-state index contributed by atoms with van der Waals surface area (Å²) >= 11 is 6.49. The fraction of sp³-hybridized carbons (Fsp3) is 0.200. The molecule has 0 spiro atoms. The Balaban J connectivity index is 1.66. The highest BCUT2D eigenvalue weighted by Crippen LogP contribution is 2.43. The van der Waals surface area contributed by atoms with Crippen molar-refractivity contribution in [3.63, 3.8) is 0 Å². The van der Waals surface area contributed by atoms with Crippen LogP contribution in [0.5, 0.6) is 5.75 Å². The monoisotopic (exact) mass is 455 g/mol. The summed E-state index contributed by atoms with van der Waals surface area (Å²) in [5.41, 5.74) is 4.44. The predicted molar refractivity (Wildman–Crippen MR) is 119 cm³/mol. The molecule has 0 saturated carbocycles. The Kier molecular flexibility index (Phi) is 6.24. The van der Waals surface area contributed by atoms with Crippen LogP contribution in [0.25, 0.3) is 11.1 Å². The molecular formula is C25H20ClF2NO3. The SMILES string of the molecule is Cc1ncc(C2=C(c3cc(OCc4ccc(F)cc4F)ccc3Cl)CCC2)cc1C(=O)O. The van der Waals surface area contributed by atoms with Crippen LogP contribution in [0.15, 0.2) is 48.7 Å². The van der Waals surface area contributed by atoms with Crippen molar-refractivity contribution < 1.29 is 23.4 Å². The van der Waals surface area contributed by atoms with E-state index in [0.717, 1.165) is 47.6 Å². The average Bonchev–Trinajstić information content (AvgIpc) is 3.24. The highest BCUT2D eigenvalue weighted by atomic mass is 35.5. The van der Waals surface area contributed by atoms with E-state index in [2.05, 4.69) is 4.98 Å². The van der Waals surface area contributed by atoms with Crippen LogP contribution in [0.4, 0.5) is 8.78 Å². The summed E-state index contributed by atoms with van der Waals surface area (Å²) in [7, 11) is 0. The third-order valence-electron chi connectivity index (χ3n) is 5.56. The summed E-state index contributed by atoms with van der Waals surface area (Å²) in [4.78, 5) is 15.8. The number of aromatic nitrogens is 1. The van der Waals surface area contributed by atoms with Crippen LogP contribution in [-0.2, 0) is 6.61 Å². The van der Waals surface area contributed by atoms with Crippen LogP contribution >= 0.6 is 11.6 Å². The summed E-state index contributed by atoms with van der Waals surface area (Å²) < 4.78 is 32.8. The zero-order valence-electron chi connectivity index (χ0n) is 17.3. The summed E-state index contributed by atoms with van der Waals surface area (Å²) in [6.45, 7) is 1.61. The number of rotatable bonds is 6. The van der Waals surface area contributed by atoms with Crippen molar-refractivity contribution in [3.8, 4) is 5.75 Å². The lowest BCUT2D eigenvalue weighted by Gasteiger charge is -2.14. The number of ether oxygens (including phenoxy) is 1. The molecule has 1 N–H and O–H groups in total. The minimum absolute atomic E-state index is 0.0526. The van der Waals surface area contributed by atoms with E-state index in [1.54, 1.807) is 37.4 Å². The van der Waals surface area contributed by atoms with Crippen molar-refractivity contribution in [2.45, 2.75) is 32.8 Å². The molecule has 2 aromatic carbocycles. The van der Waals surface area contributed by atoms with Gasteiger partial charge in [-0.05, 0) is 79.3 Å². The summed E-state index contributed by atoms with van der Waals surface area (Å²) in [6.07, 6.45) is 4.15. The fourth-order valence-electron chi connectivity index (χ4n) is 3.90. The molecule has 0 amide bonds. The standard InChI is InChI=1S/C25H20ClF2NO3/c1-14-21(25(30)31)9-16(12-29-14)19-3-2-4-20(19)22-11-18(7-8-23(22)26)32-13-15-5-6-17(27)10-24(15)28/h5-12H,2-4,13H2,1H3,(H,30,31). The lowest BCUT2D eigenvalue weighted by Crippen LogP contribution is -2.03. The first kappa shape index (κ1) is 22.0. The number of hydrogen-bond donors (Lipinski definition) is 1. The Bertz CT molecular complexity index is 1240. The normalized spacial score (nSPS) is 13.5. The van der Waals surface area contributed by atoms with E-state index in [1.165, 1.54) is 12.1 Å². The molecule has 1 aliphatic rings. The maximum Gasteiger partial charge on any atom is 0.337 e. The summed E-state index contributed by atoms with van der Waals surface area (Å²) in [5, 5.41) is 9.98. The predicted octanol–water partition coefficient (Wildman–Crippen LogP) is 6.69. The molecule has 7 heteroatoms. The topological polar surface area (TPSA) is 59.4 Å². The first-order valence-corrected chi connectivity index (χ1v) is 10.5. The van der Waals surface area contributed by atoms with E-state index in [-0.39, 0.29) is 17.7 Å². The second kappa shape index (κ2) is 9.09. The first-order valence-electron chi connectivity index (χ1n) is 10.1. The van der Waals surface area contributed by atoms with Gasteiger partial charge in [-0.3, -0.25) is 4.98 Å². The van der Waals surface area contributed by atoms with Crippen molar-refractivity contribution in [1.82, 2.24) is 4.98 Å². The van der Waals surface area contributed by atoms with Gasteiger partial charge in [-0.15, -0.1) is 0 Å². The molecule has 0 bridgehead atoms. The Labute approximate surface area is 189 Å². The Hall–Kier alpha value is -3.25. The van der Waals surface area contributed by atoms with Gasteiger partial charge in [0, 0.05) is 28.4 Å². The molecule has 4 nitrogen and oxygen atoms in total. The average molecular weight is 456 g/mol. The van der Waals surface area contributed by atoms with Gasteiger partial charge in [0.25, 0.3) is 0 Å². The Morgan fingerprint density at radius 1 is 1.12 bits per heavy atom. The van der Waals surface area contributed by atoms with Crippen LogP contribution in [0, 0.1) is 18.6 Å². The number of carbonyl (C=O) groups is 1. The van der Waals surface area contributed by atoms with Gasteiger partial charge >= 0.3 is 5.97 Å². The zero-order chi connectivity index (χ0) is 22.8. The van der Waals surface area contributed by atoms with Gasteiger partial charge in [-0.25, -0.2) is 13.6 Å². The number of halogens is 3. The molecule has 0 atom stereocenters. The number of benzene rings is 2. The van der Waals surface area contributed by atoms with Gasteiger partial charge in [-0.2, -0.15) is 0 Å². The largest absolute Gasteiger partial charge is 0.489 e. The summed E-state index contributed by atoms with van der Waals surface area (Å²) in [5.74, 6) is -1.82. The molecule has 0 radical (unpaired) electrons. The number of nitrogens with zero attached hydrogens (tertiary/aromatic N) is 1. The lowest BCUT2D eigenvalue weighted by atomic mass is 9.96. The first-order chi connectivity index (χ1) is 15.3. The smallest absolute Gasteiger partial charge is 0.337 e. The van der Waals surface area contributed by atoms with Gasteiger partial charge in [0.05, 0.1) is 11.3 Å². The molecule has 0 saturated heterocycles. The van der Waals surface area contributed by atoms with Crippen molar-refractivity contribution in [2.24, 2.45) is 0 Å². The quantitative estimate of drug-likeness (QED) is 0.449. The minimum Gasteiger partial charge on any atom is -0.489 e. The van der Waals surface area contributed by atoms with E-state index >= 15 is 0 Å². The molecule has 1 heterocycles. The second-order valence-electron chi connectivity index (χ2n) is 7.64. The van der Waals surface area contributed by atoms with Crippen molar-refractivity contribution in [2.75, 3.05) is 0 Å². The number of allylic oxidation sites excluding steroid dienone is 2. The van der Waals surface area contributed by atoms with Gasteiger partial charge < -0.3 is 9.84 Å². The summed E-state index contributed by atoms with van der Waals surface area (Å²) in [6, 6.07) is 10.2. The minimum atomic E-state index is -1.02. The Morgan fingerprint density at radius 2 is 1.91 bits per heavy atom.